The van der Waals surface area contributed by atoms with Crippen molar-refractivity contribution >= 4 is 29.4 Å². The largest absolute Gasteiger partial charge is 0.497 e. The van der Waals surface area contributed by atoms with Crippen LogP contribution in [0.25, 0.3) is 11.3 Å². The molecule has 204 valence electrons. The maximum absolute atomic E-state index is 13.2. The van der Waals surface area contributed by atoms with Crippen LogP contribution in [0.3, 0.4) is 0 Å². The van der Waals surface area contributed by atoms with Crippen molar-refractivity contribution in [2.75, 3.05) is 38.8 Å². The summed E-state index contributed by atoms with van der Waals surface area (Å²) in [6, 6.07) is 12.1. The van der Waals surface area contributed by atoms with E-state index >= 15 is 0 Å². The summed E-state index contributed by atoms with van der Waals surface area (Å²) in [6.07, 6.45) is 3.49. The molecule has 39 heavy (non-hydrogen) atoms. The van der Waals surface area contributed by atoms with Gasteiger partial charge in [-0.3, -0.25) is 9.59 Å². The summed E-state index contributed by atoms with van der Waals surface area (Å²) < 4.78 is 10.7. The molecular formula is C28H30ClN5O5. The Labute approximate surface area is 231 Å². The standard InChI is InChI=1S/C28H30ClN5O5/c1-38-21-6-2-4-17(10-21)24(15-35)32-25(36)14-34-13-19-8-7-18(11-22(19)27(34)37)26-23(29)12-30-28(33-26)31-20-5-3-9-39-16-20/h2,4,6-8,10-12,20,24,35H,3,5,9,13-16H2,1H3,(H,32,36)(H,30,31,33)/t20?,24-/m1/s1. The number of aliphatic hydroxyl groups is 1. The van der Waals surface area contributed by atoms with E-state index in [-0.39, 0.29) is 31.0 Å². The number of methoxy groups -OCH3 is 1. The second-order valence-electron chi connectivity index (χ2n) is 9.56. The van der Waals surface area contributed by atoms with Gasteiger partial charge in [-0.25, -0.2) is 9.97 Å². The van der Waals surface area contributed by atoms with Crippen molar-refractivity contribution in [1.82, 2.24) is 20.2 Å². The first-order valence-electron chi connectivity index (χ1n) is 12.8. The lowest BCUT2D eigenvalue weighted by atomic mass is 10.0. The van der Waals surface area contributed by atoms with Crippen LogP contribution in [0.4, 0.5) is 5.95 Å². The number of nitrogens with one attached hydrogen (secondary N) is 2. The number of rotatable bonds is 9. The highest BCUT2D eigenvalue weighted by molar-refractivity contribution is 6.33. The minimum Gasteiger partial charge on any atom is -0.497 e. The highest BCUT2D eigenvalue weighted by Crippen LogP contribution is 2.31. The van der Waals surface area contributed by atoms with Crippen LogP contribution in [0.15, 0.2) is 48.7 Å². The van der Waals surface area contributed by atoms with Crippen molar-refractivity contribution in [3.63, 3.8) is 0 Å². The Morgan fingerprint density at radius 1 is 1.31 bits per heavy atom. The molecule has 2 aliphatic heterocycles. The number of hydrogen-bond acceptors (Lipinski definition) is 8. The lowest BCUT2D eigenvalue weighted by Crippen LogP contribution is -2.40. The molecule has 1 fully saturated rings. The maximum atomic E-state index is 13.2. The van der Waals surface area contributed by atoms with E-state index in [1.54, 1.807) is 43.6 Å². The average Bonchev–Trinajstić information content (AvgIpc) is 3.27. The minimum absolute atomic E-state index is 0.128. The van der Waals surface area contributed by atoms with Crippen molar-refractivity contribution in [3.05, 3.63) is 70.4 Å². The van der Waals surface area contributed by atoms with Gasteiger partial charge in [0.05, 0.1) is 49.3 Å². The highest BCUT2D eigenvalue weighted by Gasteiger charge is 2.30. The first-order valence-corrected chi connectivity index (χ1v) is 13.2. The number of hydrogen-bond donors (Lipinski definition) is 3. The van der Waals surface area contributed by atoms with Gasteiger partial charge in [-0.2, -0.15) is 0 Å². The molecule has 2 amide bonds. The summed E-state index contributed by atoms with van der Waals surface area (Å²) in [5.41, 5.74) is 3.21. The van der Waals surface area contributed by atoms with Crippen molar-refractivity contribution in [2.24, 2.45) is 0 Å². The van der Waals surface area contributed by atoms with Gasteiger partial charge >= 0.3 is 0 Å². The van der Waals surface area contributed by atoms with E-state index < -0.39 is 6.04 Å². The van der Waals surface area contributed by atoms with Gasteiger partial charge in [0.2, 0.25) is 11.9 Å². The molecule has 0 aliphatic carbocycles. The van der Waals surface area contributed by atoms with Gasteiger partial charge in [-0.05, 0) is 42.2 Å². The third-order valence-corrected chi connectivity index (χ3v) is 7.12. The summed E-state index contributed by atoms with van der Waals surface area (Å²) in [5, 5.41) is 16.3. The second kappa shape index (κ2) is 12.0. The number of ether oxygens (including phenoxy) is 2. The van der Waals surface area contributed by atoms with E-state index in [2.05, 4.69) is 20.6 Å². The quantitative estimate of drug-likeness (QED) is 0.370. The number of aliphatic hydroxyl groups excluding tert-OH is 1. The van der Waals surface area contributed by atoms with Gasteiger partial charge in [0, 0.05) is 24.3 Å². The van der Waals surface area contributed by atoms with Crippen molar-refractivity contribution in [2.45, 2.75) is 31.5 Å². The van der Waals surface area contributed by atoms with E-state index in [0.29, 0.717) is 52.3 Å². The Morgan fingerprint density at radius 2 is 2.18 bits per heavy atom. The third-order valence-electron chi connectivity index (χ3n) is 6.85. The third kappa shape index (κ3) is 6.13. The fourth-order valence-electron chi connectivity index (χ4n) is 4.82. The molecule has 2 aliphatic rings. The predicted molar refractivity (Wildman–Crippen MR) is 146 cm³/mol. The summed E-state index contributed by atoms with van der Waals surface area (Å²) >= 11 is 6.44. The van der Waals surface area contributed by atoms with E-state index in [4.69, 9.17) is 21.1 Å². The first-order chi connectivity index (χ1) is 18.9. The molecule has 11 heteroatoms. The SMILES string of the molecule is COc1cccc([C@@H](CO)NC(=O)CN2Cc3ccc(-c4nc(NC5CCCOC5)ncc4Cl)cc3C2=O)c1. The lowest BCUT2D eigenvalue weighted by Gasteiger charge is -2.23. The molecule has 0 saturated carbocycles. The van der Waals surface area contributed by atoms with Gasteiger partial charge in [-0.1, -0.05) is 35.9 Å². The van der Waals surface area contributed by atoms with Crippen LogP contribution in [0.1, 0.15) is 40.4 Å². The number of amides is 2. The number of benzene rings is 2. The fraction of sp³-hybridized carbons (Fsp3) is 0.357. The normalized spacial score (nSPS) is 17.5. The van der Waals surface area contributed by atoms with Gasteiger partial charge in [-0.15, -0.1) is 0 Å². The molecule has 2 aromatic carbocycles. The number of nitrogens with zero attached hydrogens (tertiary/aromatic N) is 3. The molecule has 0 spiro atoms. The number of anilines is 1. The second-order valence-corrected chi connectivity index (χ2v) is 9.97. The van der Waals surface area contributed by atoms with Crippen molar-refractivity contribution in [3.8, 4) is 17.0 Å². The van der Waals surface area contributed by atoms with Gasteiger partial charge in [0.25, 0.3) is 5.91 Å². The number of carbonyl (C=O) groups excluding carboxylic acids is 2. The molecule has 1 aromatic heterocycles. The van der Waals surface area contributed by atoms with Crippen LogP contribution < -0.4 is 15.4 Å². The Kier molecular flexibility index (Phi) is 8.25. The van der Waals surface area contributed by atoms with Crippen molar-refractivity contribution in [1.29, 1.82) is 0 Å². The Bertz CT molecular complexity index is 1360. The molecule has 10 nitrogen and oxygen atoms in total. The molecule has 2 atom stereocenters. The minimum atomic E-state index is -0.623. The molecule has 3 heterocycles. The zero-order valence-electron chi connectivity index (χ0n) is 21.5. The summed E-state index contributed by atoms with van der Waals surface area (Å²) in [7, 11) is 1.55. The molecule has 3 aromatic rings. The summed E-state index contributed by atoms with van der Waals surface area (Å²) in [4.78, 5) is 36.4. The fourth-order valence-corrected chi connectivity index (χ4v) is 5.02. The zero-order chi connectivity index (χ0) is 27.4. The van der Waals surface area contributed by atoms with Crippen LogP contribution >= 0.6 is 11.6 Å². The van der Waals surface area contributed by atoms with Crippen molar-refractivity contribution < 1.29 is 24.2 Å². The number of halogens is 1. The van der Waals surface area contributed by atoms with Crippen LogP contribution in [0, 0.1) is 0 Å². The van der Waals surface area contributed by atoms with Crippen LogP contribution in [-0.2, 0) is 16.1 Å². The van der Waals surface area contributed by atoms with Gasteiger partial charge in [0.1, 0.15) is 12.3 Å². The van der Waals surface area contributed by atoms with Crippen LogP contribution in [-0.4, -0.2) is 71.3 Å². The topological polar surface area (TPSA) is 126 Å². The predicted octanol–water partition coefficient (Wildman–Crippen LogP) is 3.20. The number of carbonyl (C=O) groups is 2. The van der Waals surface area contributed by atoms with Gasteiger partial charge in [0.15, 0.2) is 0 Å². The lowest BCUT2D eigenvalue weighted by molar-refractivity contribution is -0.122. The van der Waals surface area contributed by atoms with E-state index in [1.165, 1.54) is 4.90 Å². The van der Waals surface area contributed by atoms with Gasteiger partial charge < -0.3 is 30.1 Å². The molecule has 0 radical (unpaired) electrons. The molecule has 0 bridgehead atoms. The molecular weight excluding hydrogens is 522 g/mol. The molecule has 1 saturated heterocycles. The Morgan fingerprint density at radius 3 is 2.95 bits per heavy atom. The smallest absolute Gasteiger partial charge is 0.254 e. The average molecular weight is 552 g/mol. The maximum Gasteiger partial charge on any atom is 0.254 e. The number of aromatic nitrogens is 2. The highest BCUT2D eigenvalue weighted by atomic mass is 35.5. The van der Waals surface area contributed by atoms with Crippen LogP contribution in [0.2, 0.25) is 5.02 Å². The zero-order valence-corrected chi connectivity index (χ0v) is 22.3. The number of fused-ring (bicyclic) bond motifs is 1. The van der Waals surface area contributed by atoms with E-state index in [9.17, 15) is 14.7 Å². The summed E-state index contributed by atoms with van der Waals surface area (Å²) in [5.74, 6) is 0.437. The summed E-state index contributed by atoms with van der Waals surface area (Å²) in [6.45, 7) is 1.22. The van der Waals surface area contributed by atoms with Crippen LogP contribution in [0.5, 0.6) is 5.75 Å². The molecule has 1 unspecified atom stereocenters. The van der Waals surface area contributed by atoms with E-state index in [1.807, 2.05) is 12.1 Å². The molecule has 3 N–H and O–H groups in total. The first kappa shape index (κ1) is 26.9. The van der Waals surface area contributed by atoms with E-state index in [0.717, 1.165) is 25.0 Å². The Balaban J connectivity index is 1.27. The molecule has 5 rings (SSSR count). The monoisotopic (exact) mass is 551 g/mol. The Hall–Kier alpha value is -3.73.